The van der Waals surface area contributed by atoms with Crippen LogP contribution in [0.25, 0.3) is 11.2 Å². The fourth-order valence-electron chi connectivity index (χ4n) is 2.62. The number of aromatic amines is 1. The summed E-state index contributed by atoms with van der Waals surface area (Å²) >= 11 is 0. The van der Waals surface area contributed by atoms with Gasteiger partial charge in [0.05, 0.1) is 11.9 Å². The zero-order valence-corrected chi connectivity index (χ0v) is 14.9. The van der Waals surface area contributed by atoms with Gasteiger partial charge in [0, 0.05) is 23.9 Å². The minimum absolute atomic E-state index is 0.129. The molecule has 0 atom stereocenters. The van der Waals surface area contributed by atoms with Gasteiger partial charge < -0.3 is 14.8 Å². The molecule has 27 heavy (non-hydrogen) atoms. The molecule has 0 bridgehead atoms. The number of ether oxygens (including phenoxy) is 1. The van der Waals surface area contributed by atoms with Crippen LogP contribution in [-0.4, -0.2) is 31.7 Å². The largest absolute Gasteiger partial charge is 0.465 e. The van der Waals surface area contributed by atoms with Crippen molar-refractivity contribution in [1.29, 1.82) is 0 Å². The Morgan fingerprint density at radius 1 is 1.22 bits per heavy atom. The minimum Gasteiger partial charge on any atom is -0.465 e. The second kappa shape index (κ2) is 6.67. The Morgan fingerprint density at radius 3 is 2.59 bits per heavy atom. The Hall–Kier alpha value is -3.49. The Balaban J connectivity index is 2.00. The quantitative estimate of drug-likeness (QED) is 0.728. The molecule has 0 fully saturated rings. The van der Waals surface area contributed by atoms with Crippen LogP contribution in [0.3, 0.4) is 0 Å². The normalized spacial score (nSPS) is 11.4. The lowest BCUT2D eigenvalue weighted by Crippen LogP contribution is -2.45. The molecular formula is C18H17FN4O4. The maximum absolute atomic E-state index is 14.6. The minimum atomic E-state index is -1.20. The monoisotopic (exact) mass is 372 g/mol. The highest BCUT2D eigenvalue weighted by Gasteiger charge is 2.28. The van der Waals surface area contributed by atoms with E-state index in [1.54, 1.807) is 20.8 Å². The number of nitrogens with zero attached hydrogens (tertiary/aromatic N) is 3. The van der Waals surface area contributed by atoms with Crippen LogP contribution in [0.2, 0.25) is 0 Å². The number of aromatic nitrogens is 3. The molecule has 0 radical (unpaired) electrons. The lowest BCUT2D eigenvalue weighted by atomic mass is 10.1. The number of nitrogens with one attached hydrogen (secondary N) is 1. The Labute approximate surface area is 153 Å². The van der Waals surface area contributed by atoms with Gasteiger partial charge in [-0.1, -0.05) is 0 Å². The molecule has 0 aliphatic carbocycles. The molecule has 2 N–H and O–H groups in total. The highest BCUT2D eigenvalue weighted by Crippen LogP contribution is 2.32. The molecule has 0 saturated carbocycles. The van der Waals surface area contributed by atoms with Crippen molar-refractivity contribution in [3.8, 4) is 11.5 Å². The molecule has 9 heteroatoms. The third kappa shape index (κ3) is 3.71. The van der Waals surface area contributed by atoms with Gasteiger partial charge in [0.2, 0.25) is 0 Å². The number of H-pyrrole nitrogens is 1. The molecule has 0 aliphatic rings. The van der Waals surface area contributed by atoms with Crippen LogP contribution in [0.4, 0.5) is 14.9 Å². The van der Waals surface area contributed by atoms with E-state index in [0.717, 1.165) is 17.2 Å². The molecule has 1 aromatic carbocycles. The van der Waals surface area contributed by atoms with E-state index < -0.39 is 23.0 Å². The molecule has 3 aromatic rings. The van der Waals surface area contributed by atoms with Crippen molar-refractivity contribution in [1.82, 2.24) is 15.0 Å². The highest BCUT2D eigenvalue weighted by molar-refractivity contribution is 5.87. The van der Waals surface area contributed by atoms with Gasteiger partial charge >= 0.3 is 6.09 Å². The van der Waals surface area contributed by atoms with Gasteiger partial charge in [-0.25, -0.2) is 19.2 Å². The smallest absolute Gasteiger partial charge is 0.412 e. The number of carboxylic acid groups (broad SMARTS) is 1. The standard InChI is InChI=1S/C18H17FN4O4/c1-18(2,3)23(17(25)26)10-4-5-12(11(19)8-10)27-13-6-7-20-16-15(13)22-14(24)9-21-16/h4-9H,1-3H3,(H,22,24)(H,25,26). The number of benzene rings is 1. The first kappa shape index (κ1) is 18.3. The van der Waals surface area contributed by atoms with E-state index in [4.69, 9.17) is 4.74 Å². The van der Waals surface area contributed by atoms with Crippen molar-refractivity contribution in [2.24, 2.45) is 0 Å². The van der Waals surface area contributed by atoms with Gasteiger partial charge in [-0.15, -0.1) is 0 Å². The SMILES string of the molecule is CC(C)(C)N(C(=O)O)c1ccc(Oc2ccnc3ncc(=O)[nH]c23)c(F)c1. The van der Waals surface area contributed by atoms with Crippen molar-refractivity contribution >= 4 is 22.9 Å². The molecule has 2 heterocycles. The molecule has 0 aliphatic heterocycles. The lowest BCUT2D eigenvalue weighted by Gasteiger charge is -2.33. The van der Waals surface area contributed by atoms with Gasteiger partial charge in [-0.2, -0.15) is 0 Å². The fourth-order valence-corrected chi connectivity index (χ4v) is 2.62. The second-order valence-electron chi connectivity index (χ2n) is 6.76. The number of hydrogen-bond donors (Lipinski definition) is 2. The number of fused-ring (bicyclic) bond motifs is 1. The number of anilines is 1. The van der Waals surface area contributed by atoms with Gasteiger partial charge in [0.25, 0.3) is 5.56 Å². The number of carbonyl (C=O) groups is 1. The summed E-state index contributed by atoms with van der Waals surface area (Å²) in [5.41, 5.74) is -0.551. The maximum Gasteiger partial charge on any atom is 0.412 e. The summed E-state index contributed by atoms with van der Waals surface area (Å²) in [6, 6.07) is 5.32. The summed E-state index contributed by atoms with van der Waals surface area (Å²) in [5, 5.41) is 9.43. The van der Waals surface area contributed by atoms with Crippen molar-refractivity contribution in [2.45, 2.75) is 26.3 Å². The highest BCUT2D eigenvalue weighted by atomic mass is 19.1. The predicted octanol–water partition coefficient (Wildman–Crippen LogP) is 3.53. The fraction of sp³-hybridized carbons (Fsp3) is 0.222. The van der Waals surface area contributed by atoms with Crippen LogP contribution in [0.5, 0.6) is 11.5 Å². The number of hydrogen-bond acceptors (Lipinski definition) is 5. The van der Waals surface area contributed by atoms with Crippen LogP contribution < -0.4 is 15.2 Å². The molecule has 0 unspecified atom stereocenters. The topological polar surface area (TPSA) is 108 Å². The van der Waals surface area contributed by atoms with E-state index in [1.807, 2.05) is 0 Å². The van der Waals surface area contributed by atoms with Crippen molar-refractivity contribution in [2.75, 3.05) is 4.90 Å². The molecule has 0 saturated heterocycles. The molecule has 0 spiro atoms. The van der Waals surface area contributed by atoms with Crippen molar-refractivity contribution in [3.63, 3.8) is 0 Å². The van der Waals surface area contributed by atoms with Gasteiger partial charge in [-0.3, -0.25) is 9.69 Å². The summed E-state index contributed by atoms with van der Waals surface area (Å²) < 4.78 is 20.1. The van der Waals surface area contributed by atoms with Crippen LogP contribution in [-0.2, 0) is 0 Å². The summed E-state index contributed by atoms with van der Waals surface area (Å²) in [5.74, 6) is -0.711. The number of pyridine rings is 1. The van der Waals surface area contributed by atoms with E-state index >= 15 is 0 Å². The van der Waals surface area contributed by atoms with E-state index in [0.29, 0.717) is 0 Å². The number of halogens is 1. The zero-order valence-electron chi connectivity index (χ0n) is 14.9. The Morgan fingerprint density at radius 2 is 1.96 bits per heavy atom. The maximum atomic E-state index is 14.6. The summed E-state index contributed by atoms with van der Waals surface area (Å²) in [6.45, 7) is 5.11. The van der Waals surface area contributed by atoms with Crippen LogP contribution >= 0.6 is 0 Å². The number of rotatable bonds is 3. The first-order valence-corrected chi connectivity index (χ1v) is 8.01. The van der Waals surface area contributed by atoms with Gasteiger partial charge in [0.1, 0.15) is 5.52 Å². The average Bonchev–Trinajstić information content (AvgIpc) is 2.56. The van der Waals surface area contributed by atoms with Crippen molar-refractivity contribution in [3.05, 3.63) is 52.8 Å². The summed E-state index contributed by atoms with van der Waals surface area (Å²) in [6.07, 6.45) is 1.31. The molecule has 2 aromatic heterocycles. The third-order valence-corrected chi connectivity index (χ3v) is 3.70. The molecule has 3 rings (SSSR count). The van der Waals surface area contributed by atoms with E-state index in [2.05, 4.69) is 15.0 Å². The van der Waals surface area contributed by atoms with E-state index in [1.165, 1.54) is 24.4 Å². The Kier molecular flexibility index (Phi) is 4.52. The summed E-state index contributed by atoms with van der Waals surface area (Å²) in [4.78, 5) is 34.5. The molecule has 140 valence electrons. The first-order chi connectivity index (χ1) is 12.7. The number of amides is 1. The Bertz CT molecular complexity index is 1070. The predicted molar refractivity (Wildman–Crippen MR) is 96.9 cm³/mol. The molecule has 8 nitrogen and oxygen atoms in total. The zero-order chi connectivity index (χ0) is 19.8. The van der Waals surface area contributed by atoms with Crippen molar-refractivity contribution < 1.29 is 19.0 Å². The lowest BCUT2D eigenvalue weighted by molar-refractivity contribution is 0.195. The molecular weight excluding hydrogens is 355 g/mol. The van der Waals surface area contributed by atoms with Gasteiger partial charge in [-0.05, 0) is 32.9 Å². The summed E-state index contributed by atoms with van der Waals surface area (Å²) in [7, 11) is 0. The van der Waals surface area contributed by atoms with Gasteiger partial charge in [0.15, 0.2) is 23.0 Å². The van der Waals surface area contributed by atoms with Crippen LogP contribution in [0.1, 0.15) is 20.8 Å². The van der Waals surface area contributed by atoms with Crippen LogP contribution in [0.15, 0.2) is 41.5 Å². The first-order valence-electron chi connectivity index (χ1n) is 8.01. The molecule has 1 amide bonds. The second-order valence-corrected chi connectivity index (χ2v) is 6.76. The third-order valence-electron chi connectivity index (χ3n) is 3.70. The van der Waals surface area contributed by atoms with Crippen LogP contribution in [0, 0.1) is 5.82 Å². The van der Waals surface area contributed by atoms with E-state index in [9.17, 15) is 19.1 Å². The van der Waals surface area contributed by atoms with E-state index in [-0.39, 0.29) is 28.4 Å². The average molecular weight is 372 g/mol.